The van der Waals surface area contributed by atoms with E-state index in [-0.39, 0.29) is 22.3 Å². The first-order valence-corrected chi connectivity index (χ1v) is 7.52. The van der Waals surface area contributed by atoms with Crippen molar-refractivity contribution in [2.24, 2.45) is 0 Å². The number of halogens is 6. The van der Waals surface area contributed by atoms with E-state index in [1.54, 1.807) is 0 Å². The zero-order chi connectivity index (χ0) is 20.7. The van der Waals surface area contributed by atoms with Crippen molar-refractivity contribution in [3.8, 4) is 6.07 Å². The molecule has 4 nitrogen and oxygen atoms in total. The van der Waals surface area contributed by atoms with E-state index in [1.165, 1.54) is 18.2 Å². The van der Waals surface area contributed by atoms with Gasteiger partial charge in [0.25, 0.3) is 0 Å². The van der Waals surface area contributed by atoms with Gasteiger partial charge in [-0.3, -0.25) is 0 Å². The third kappa shape index (κ3) is 3.78. The molecule has 0 atom stereocenters. The molecule has 1 aromatic heterocycles. The summed E-state index contributed by atoms with van der Waals surface area (Å²) in [5.41, 5.74) is -4.47. The summed E-state index contributed by atoms with van der Waals surface area (Å²) in [5.74, 6) is 0. The van der Waals surface area contributed by atoms with Crippen molar-refractivity contribution in [2.75, 3.05) is 5.32 Å². The first kappa shape index (κ1) is 19.3. The lowest BCUT2D eigenvalue weighted by Crippen LogP contribution is -2.11. The molecule has 0 amide bonds. The first-order chi connectivity index (χ1) is 13.0. The third-order valence-electron chi connectivity index (χ3n) is 3.78. The van der Waals surface area contributed by atoms with Gasteiger partial charge in [0.1, 0.15) is 5.58 Å². The van der Waals surface area contributed by atoms with Crippen LogP contribution >= 0.6 is 0 Å². The Balaban J connectivity index is 2.05. The molecule has 0 fully saturated rings. The average molecular weight is 398 g/mol. The summed E-state index contributed by atoms with van der Waals surface area (Å²) in [4.78, 5) is 11.4. The SMILES string of the molecule is N#Cc1ccc(Nc2ccc3c(C(F)(F)F)cc(=O)oc3c2)cc1C(F)(F)F. The molecule has 0 spiro atoms. The molecule has 1 heterocycles. The van der Waals surface area contributed by atoms with Crippen LogP contribution in [0.15, 0.2) is 51.7 Å². The first-order valence-electron chi connectivity index (χ1n) is 7.52. The fourth-order valence-electron chi connectivity index (χ4n) is 2.60. The van der Waals surface area contributed by atoms with E-state index in [4.69, 9.17) is 9.68 Å². The molecule has 0 unspecified atom stereocenters. The Morgan fingerprint density at radius 2 is 1.46 bits per heavy atom. The van der Waals surface area contributed by atoms with Gasteiger partial charge in [-0.2, -0.15) is 31.6 Å². The zero-order valence-corrected chi connectivity index (χ0v) is 13.6. The molecule has 0 bridgehead atoms. The number of rotatable bonds is 2. The lowest BCUT2D eigenvalue weighted by Gasteiger charge is -2.13. The van der Waals surface area contributed by atoms with Crippen LogP contribution in [-0.4, -0.2) is 0 Å². The molecule has 0 aliphatic carbocycles. The van der Waals surface area contributed by atoms with E-state index < -0.39 is 34.7 Å². The highest BCUT2D eigenvalue weighted by Crippen LogP contribution is 2.36. The number of anilines is 2. The smallest absolute Gasteiger partial charge is 0.417 e. The highest BCUT2D eigenvalue weighted by Gasteiger charge is 2.35. The van der Waals surface area contributed by atoms with Gasteiger partial charge in [-0.25, -0.2) is 4.79 Å². The number of hydrogen-bond donors (Lipinski definition) is 1. The summed E-state index contributed by atoms with van der Waals surface area (Å²) in [6.07, 6.45) is -9.54. The maximum atomic E-state index is 13.0. The topological polar surface area (TPSA) is 66.0 Å². The number of benzene rings is 2. The molecular weight excluding hydrogens is 390 g/mol. The molecule has 0 aliphatic rings. The van der Waals surface area contributed by atoms with E-state index in [0.717, 1.165) is 18.2 Å². The van der Waals surface area contributed by atoms with Crippen molar-refractivity contribution in [1.82, 2.24) is 0 Å². The van der Waals surface area contributed by atoms with Crippen LogP contribution in [0.2, 0.25) is 0 Å². The van der Waals surface area contributed by atoms with E-state index in [2.05, 4.69) is 5.32 Å². The standard InChI is InChI=1S/C18H8F6N2O2/c19-17(20,21)13-5-10(2-1-9(13)8-25)26-11-3-4-12-14(18(22,23)24)7-16(27)28-15(12)6-11/h1-7,26H. The molecule has 1 N–H and O–H groups in total. The molecule has 3 rings (SSSR count). The van der Waals surface area contributed by atoms with Gasteiger partial charge in [0.2, 0.25) is 0 Å². The van der Waals surface area contributed by atoms with Crippen molar-refractivity contribution in [3.05, 3.63) is 69.6 Å². The summed E-state index contributed by atoms with van der Waals surface area (Å²) >= 11 is 0. The maximum absolute atomic E-state index is 13.0. The zero-order valence-electron chi connectivity index (χ0n) is 13.6. The van der Waals surface area contributed by atoms with Crippen molar-refractivity contribution in [1.29, 1.82) is 5.26 Å². The third-order valence-corrected chi connectivity index (χ3v) is 3.78. The van der Waals surface area contributed by atoms with Crippen LogP contribution < -0.4 is 10.9 Å². The number of alkyl halides is 6. The van der Waals surface area contributed by atoms with Crippen molar-refractivity contribution in [2.45, 2.75) is 12.4 Å². The van der Waals surface area contributed by atoms with E-state index in [9.17, 15) is 31.1 Å². The van der Waals surface area contributed by atoms with Crippen LogP contribution in [0.25, 0.3) is 11.0 Å². The lowest BCUT2D eigenvalue weighted by molar-refractivity contribution is -0.138. The minimum atomic E-state index is -4.78. The van der Waals surface area contributed by atoms with Crippen LogP contribution in [0.5, 0.6) is 0 Å². The molecule has 2 aromatic carbocycles. The second kappa shape index (κ2) is 6.60. The van der Waals surface area contributed by atoms with E-state index in [1.807, 2.05) is 0 Å². The highest BCUT2D eigenvalue weighted by molar-refractivity contribution is 5.84. The number of nitrogens with one attached hydrogen (secondary N) is 1. The molecule has 3 aromatic rings. The fraction of sp³-hybridized carbons (Fsp3) is 0.111. The van der Waals surface area contributed by atoms with Gasteiger partial charge in [-0.05, 0) is 30.3 Å². The van der Waals surface area contributed by atoms with Crippen LogP contribution in [0.3, 0.4) is 0 Å². The van der Waals surface area contributed by atoms with Gasteiger partial charge in [0, 0.05) is 28.9 Å². The monoisotopic (exact) mass is 398 g/mol. The van der Waals surface area contributed by atoms with Crippen LogP contribution in [0, 0.1) is 11.3 Å². The Bertz CT molecular complexity index is 1160. The predicted octanol–water partition coefficient (Wildman–Crippen LogP) is 5.45. The summed E-state index contributed by atoms with van der Waals surface area (Å²) in [7, 11) is 0. The molecule has 0 saturated carbocycles. The number of hydrogen-bond acceptors (Lipinski definition) is 4. The maximum Gasteiger partial charge on any atom is 0.417 e. The molecular formula is C18H8F6N2O2. The Kier molecular flexibility index (Phi) is 4.54. The summed E-state index contributed by atoms with van der Waals surface area (Å²) in [5, 5.41) is 11.0. The summed E-state index contributed by atoms with van der Waals surface area (Å²) in [6, 6.07) is 7.94. The molecule has 0 radical (unpaired) electrons. The van der Waals surface area contributed by atoms with Crippen LogP contribution in [-0.2, 0) is 12.4 Å². The van der Waals surface area contributed by atoms with E-state index >= 15 is 0 Å². The molecule has 28 heavy (non-hydrogen) atoms. The van der Waals surface area contributed by atoms with Gasteiger partial charge >= 0.3 is 18.0 Å². The largest absolute Gasteiger partial charge is 0.423 e. The second-order valence-corrected chi connectivity index (χ2v) is 5.68. The van der Waals surface area contributed by atoms with Gasteiger partial charge < -0.3 is 9.73 Å². The Morgan fingerprint density at radius 1 is 0.857 bits per heavy atom. The normalized spacial score (nSPS) is 12.0. The second-order valence-electron chi connectivity index (χ2n) is 5.68. The average Bonchev–Trinajstić information content (AvgIpc) is 2.59. The number of nitrogens with zero attached hydrogens (tertiary/aromatic N) is 1. The molecule has 10 heteroatoms. The predicted molar refractivity (Wildman–Crippen MR) is 86.9 cm³/mol. The summed E-state index contributed by atoms with van der Waals surface area (Å²) < 4.78 is 83.0. The van der Waals surface area contributed by atoms with Gasteiger partial charge in [0.05, 0.1) is 22.8 Å². The van der Waals surface area contributed by atoms with Gasteiger partial charge in [0.15, 0.2) is 0 Å². The van der Waals surface area contributed by atoms with Crippen molar-refractivity contribution < 1.29 is 30.8 Å². The fourth-order valence-corrected chi connectivity index (χ4v) is 2.60. The Hall–Kier alpha value is -3.48. The minimum absolute atomic E-state index is 0.0556. The lowest BCUT2D eigenvalue weighted by atomic mass is 10.1. The van der Waals surface area contributed by atoms with Crippen molar-refractivity contribution in [3.63, 3.8) is 0 Å². The number of nitriles is 1. The molecule has 0 saturated heterocycles. The Labute approximate surface area is 152 Å². The van der Waals surface area contributed by atoms with E-state index in [0.29, 0.717) is 12.1 Å². The number of fused-ring (bicyclic) bond motifs is 1. The highest BCUT2D eigenvalue weighted by atomic mass is 19.4. The summed E-state index contributed by atoms with van der Waals surface area (Å²) in [6.45, 7) is 0. The van der Waals surface area contributed by atoms with Gasteiger partial charge in [-0.15, -0.1) is 0 Å². The molecule has 0 aliphatic heterocycles. The van der Waals surface area contributed by atoms with Crippen LogP contribution in [0.1, 0.15) is 16.7 Å². The quantitative estimate of drug-likeness (QED) is 0.461. The minimum Gasteiger partial charge on any atom is -0.423 e. The van der Waals surface area contributed by atoms with Crippen LogP contribution in [0.4, 0.5) is 37.7 Å². The van der Waals surface area contributed by atoms with Crippen molar-refractivity contribution >= 4 is 22.3 Å². The van der Waals surface area contributed by atoms with Gasteiger partial charge in [-0.1, -0.05) is 0 Å². The Morgan fingerprint density at radius 3 is 2.07 bits per heavy atom. The molecule has 144 valence electrons.